The summed E-state index contributed by atoms with van der Waals surface area (Å²) in [6.45, 7) is 3.01. The van der Waals surface area contributed by atoms with Crippen molar-refractivity contribution in [3.63, 3.8) is 0 Å². The second-order valence-electron chi connectivity index (χ2n) is 5.17. The van der Waals surface area contributed by atoms with Gasteiger partial charge in [-0.15, -0.1) is 24.8 Å². The van der Waals surface area contributed by atoms with Crippen LogP contribution in [0.4, 0.5) is 13.2 Å². The standard InChI is InChI=1S/C14H18BrF3N2O.2ClH/c15-11-9-10(1-2-13(11)21)12(3-4-14(16,17)18)20-7-5-19-6-8-20;;/h1-2,9,12,19,21H,3-8H2;2*1H/t12-;;/m1../s1. The van der Waals surface area contributed by atoms with Crippen LogP contribution in [-0.4, -0.2) is 42.4 Å². The van der Waals surface area contributed by atoms with Crippen molar-refractivity contribution in [2.45, 2.75) is 25.1 Å². The number of rotatable bonds is 4. The highest BCUT2D eigenvalue weighted by atomic mass is 79.9. The normalized spacial score (nSPS) is 17.0. The average molecular weight is 440 g/mol. The van der Waals surface area contributed by atoms with Crippen LogP contribution in [0.15, 0.2) is 22.7 Å². The zero-order chi connectivity index (χ0) is 15.5. The summed E-state index contributed by atoms with van der Waals surface area (Å²) >= 11 is 3.23. The molecule has 0 aliphatic carbocycles. The fraction of sp³-hybridized carbons (Fsp3) is 0.571. The van der Waals surface area contributed by atoms with Crippen molar-refractivity contribution in [2.24, 2.45) is 0 Å². The first kappa shape index (κ1) is 22.8. The fourth-order valence-electron chi connectivity index (χ4n) is 2.58. The Morgan fingerprint density at radius 3 is 2.35 bits per heavy atom. The molecule has 1 aliphatic rings. The Morgan fingerprint density at radius 1 is 1.22 bits per heavy atom. The Kier molecular flexibility index (Phi) is 9.84. The molecule has 1 saturated heterocycles. The van der Waals surface area contributed by atoms with Gasteiger partial charge in [-0.05, 0) is 40.0 Å². The minimum Gasteiger partial charge on any atom is -0.507 e. The molecular weight excluding hydrogens is 420 g/mol. The quantitative estimate of drug-likeness (QED) is 0.734. The first-order valence-corrected chi connectivity index (χ1v) is 7.66. The molecule has 0 aromatic heterocycles. The van der Waals surface area contributed by atoms with Crippen molar-refractivity contribution in [1.29, 1.82) is 0 Å². The highest BCUT2D eigenvalue weighted by molar-refractivity contribution is 9.10. The summed E-state index contributed by atoms with van der Waals surface area (Å²) in [5.41, 5.74) is 0.797. The molecule has 1 heterocycles. The topological polar surface area (TPSA) is 35.5 Å². The monoisotopic (exact) mass is 438 g/mol. The van der Waals surface area contributed by atoms with Gasteiger partial charge in [-0.1, -0.05) is 6.07 Å². The number of nitrogens with zero attached hydrogens (tertiary/aromatic N) is 1. The molecule has 1 aromatic rings. The average Bonchev–Trinajstić information content (AvgIpc) is 2.43. The van der Waals surface area contributed by atoms with E-state index in [-0.39, 0.29) is 43.0 Å². The summed E-state index contributed by atoms with van der Waals surface area (Å²) in [6.07, 6.45) is -4.93. The summed E-state index contributed by atoms with van der Waals surface area (Å²) in [6, 6.07) is 4.63. The van der Waals surface area contributed by atoms with E-state index in [9.17, 15) is 18.3 Å². The van der Waals surface area contributed by atoms with E-state index in [1.165, 1.54) is 6.07 Å². The molecule has 0 unspecified atom stereocenters. The van der Waals surface area contributed by atoms with Gasteiger partial charge >= 0.3 is 6.18 Å². The molecule has 23 heavy (non-hydrogen) atoms. The second-order valence-corrected chi connectivity index (χ2v) is 6.02. The highest BCUT2D eigenvalue weighted by Gasteiger charge is 2.31. The van der Waals surface area contributed by atoms with Crippen molar-refractivity contribution in [3.05, 3.63) is 28.2 Å². The number of halogens is 6. The van der Waals surface area contributed by atoms with Gasteiger partial charge in [0.05, 0.1) is 4.47 Å². The molecule has 1 aliphatic heterocycles. The Balaban J connectivity index is 0.00000242. The van der Waals surface area contributed by atoms with E-state index in [0.29, 0.717) is 4.47 Å². The van der Waals surface area contributed by atoms with Crippen molar-refractivity contribution >= 4 is 40.7 Å². The zero-order valence-electron chi connectivity index (χ0n) is 12.3. The maximum absolute atomic E-state index is 12.6. The van der Waals surface area contributed by atoms with Gasteiger partial charge in [0.15, 0.2) is 0 Å². The molecule has 0 bridgehead atoms. The molecule has 134 valence electrons. The summed E-state index contributed by atoms with van der Waals surface area (Å²) in [5.74, 6) is 0.0913. The van der Waals surface area contributed by atoms with Gasteiger partial charge in [-0.3, -0.25) is 4.90 Å². The van der Waals surface area contributed by atoms with E-state index in [4.69, 9.17) is 0 Å². The molecule has 0 amide bonds. The van der Waals surface area contributed by atoms with Gasteiger partial charge in [0.25, 0.3) is 0 Å². The Morgan fingerprint density at radius 2 is 1.83 bits per heavy atom. The lowest BCUT2D eigenvalue weighted by Gasteiger charge is -2.35. The fourth-order valence-corrected chi connectivity index (χ4v) is 2.98. The van der Waals surface area contributed by atoms with Gasteiger partial charge < -0.3 is 10.4 Å². The van der Waals surface area contributed by atoms with Crippen LogP contribution >= 0.6 is 40.7 Å². The molecule has 1 aromatic carbocycles. The predicted octanol–water partition coefficient (Wildman–Crippen LogP) is 4.29. The number of piperazine rings is 1. The lowest BCUT2D eigenvalue weighted by molar-refractivity contribution is -0.138. The number of aromatic hydroxyl groups is 1. The minimum atomic E-state index is -4.15. The van der Waals surface area contributed by atoms with Crippen LogP contribution in [0.25, 0.3) is 0 Å². The van der Waals surface area contributed by atoms with Crippen molar-refractivity contribution in [1.82, 2.24) is 10.2 Å². The number of hydrogen-bond donors (Lipinski definition) is 2. The van der Waals surface area contributed by atoms with Crippen LogP contribution in [0.3, 0.4) is 0 Å². The van der Waals surface area contributed by atoms with E-state index in [0.717, 1.165) is 31.7 Å². The summed E-state index contributed by atoms with van der Waals surface area (Å²) < 4.78 is 38.2. The smallest absolute Gasteiger partial charge is 0.389 e. The third-order valence-corrected chi connectivity index (χ3v) is 4.29. The number of alkyl halides is 3. The Hall–Kier alpha value is -0.210. The molecule has 0 saturated carbocycles. The van der Waals surface area contributed by atoms with E-state index >= 15 is 0 Å². The molecule has 9 heteroatoms. The number of hydrogen-bond acceptors (Lipinski definition) is 3. The van der Waals surface area contributed by atoms with Crippen LogP contribution in [-0.2, 0) is 0 Å². The summed E-state index contributed by atoms with van der Waals surface area (Å²) in [5, 5.41) is 12.7. The van der Waals surface area contributed by atoms with E-state index in [1.807, 2.05) is 0 Å². The molecular formula is C14H20BrCl2F3N2O. The van der Waals surface area contributed by atoms with Gasteiger partial charge in [-0.2, -0.15) is 13.2 Å². The van der Waals surface area contributed by atoms with Crippen LogP contribution in [0.5, 0.6) is 5.75 Å². The molecule has 0 spiro atoms. The van der Waals surface area contributed by atoms with Crippen molar-refractivity contribution in [3.8, 4) is 5.75 Å². The van der Waals surface area contributed by atoms with Crippen LogP contribution in [0, 0.1) is 0 Å². The summed E-state index contributed by atoms with van der Waals surface area (Å²) in [7, 11) is 0. The molecule has 1 fully saturated rings. The highest BCUT2D eigenvalue weighted by Crippen LogP contribution is 2.34. The third-order valence-electron chi connectivity index (χ3n) is 3.65. The van der Waals surface area contributed by atoms with Gasteiger partial charge in [0, 0.05) is 38.6 Å². The first-order chi connectivity index (χ1) is 9.87. The largest absolute Gasteiger partial charge is 0.507 e. The molecule has 3 nitrogen and oxygen atoms in total. The lowest BCUT2D eigenvalue weighted by atomic mass is 9.99. The molecule has 2 N–H and O–H groups in total. The number of benzene rings is 1. The molecule has 0 radical (unpaired) electrons. The van der Waals surface area contributed by atoms with Gasteiger partial charge in [-0.25, -0.2) is 0 Å². The lowest BCUT2D eigenvalue weighted by Crippen LogP contribution is -2.45. The second kappa shape index (κ2) is 9.93. The molecule has 1 atom stereocenters. The zero-order valence-corrected chi connectivity index (χ0v) is 15.5. The maximum Gasteiger partial charge on any atom is 0.389 e. The molecule has 2 rings (SSSR count). The number of phenolic OH excluding ortho intramolecular Hbond substituents is 1. The maximum atomic E-state index is 12.6. The summed E-state index contributed by atoms with van der Waals surface area (Å²) in [4.78, 5) is 2.07. The predicted molar refractivity (Wildman–Crippen MR) is 92.8 cm³/mol. The minimum absolute atomic E-state index is 0. The van der Waals surface area contributed by atoms with Gasteiger partial charge in [0.2, 0.25) is 0 Å². The van der Waals surface area contributed by atoms with Crippen molar-refractivity contribution < 1.29 is 18.3 Å². The van der Waals surface area contributed by atoms with Gasteiger partial charge in [0.1, 0.15) is 5.75 Å². The SMILES string of the molecule is Cl.Cl.Oc1ccc([C@@H](CCC(F)(F)F)N2CCNCC2)cc1Br. The Bertz CT molecular complexity index is 486. The van der Waals surface area contributed by atoms with E-state index in [1.54, 1.807) is 12.1 Å². The van der Waals surface area contributed by atoms with Crippen LogP contribution in [0.1, 0.15) is 24.4 Å². The number of phenols is 1. The van der Waals surface area contributed by atoms with Crippen molar-refractivity contribution in [2.75, 3.05) is 26.2 Å². The Labute approximate surface area is 154 Å². The van der Waals surface area contributed by atoms with E-state index < -0.39 is 12.6 Å². The third kappa shape index (κ3) is 7.05. The van der Waals surface area contributed by atoms with Crippen LogP contribution in [0.2, 0.25) is 0 Å². The van der Waals surface area contributed by atoms with Crippen LogP contribution < -0.4 is 5.32 Å². The van der Waals surface area contributed by atoms with E-state index in [2.05, 4.69) is 26.1 Å². The number of nitrogens with one attached hydrogen (secondary N) is 1. The first-order valence-electron chi connectivity index (χ1n) is 6.87.